The SMILES string of the molecule is C[C](CO)c1cccc(C)c1Cl. The average molecular weight is 184 g/mol. The Labute approximate surface area is 78.0 Å². The lowest BCUT2D eigenvalue weighted by atomic mass is 10.0. The Hall–Kier alpha value is -0.530. The predicted molar refractivity (Wildman–Crippen MR) is 51.3 cm³/mol. The van der Waals surface area contributed by atoms with Crippen LogP contribution in [0.2, 0.25) is 5.02 Å². The van der Waals surface area contributed by atoms with E-state index >= 15 is 0 Å². The zero-order valence-electron chi connectivity index (χ0n) is 7.26. The van der Waals surface area contributed by atoms with Crippen molar-refractivity contribution >= 4 is 11.6 Å². The summed E-state index contributed by atoms with van der Waals surface area (Å²) in [5.41, 5.74) is 1.99. The van der Waals surface area contributed by atoms with Crippen molar-refractivity contribution in [2.75, 3.05) is 6.61 Å². The van der Waals surface area contributed by atoms with Gasteiger partial charge in [-0.1, -0.05) is 36.7 Å². The fourth-order valence-electron chi connectivity index (χ4n) is 1.06. The normalized spacial score (nSPS) is 10.8. The van der Waals surface area contributed by atoms with Gasteiger partial charge in [-0.05, 0) is 18.1 Å². The Bertz CT molecular complexity index is 271. The van der Waals surface area contributed by atoms with Gasteiger partial charge in [0.15, 0.2) is 0 Å². The highest BCUT2D eigenvalue weighted by atomic mass is 35.5. The fourth-order valence-corrected chi connectivity index (χ4v) is 1.35. The van der Waals surface area contributed by atoms with Crippen LogP contribution in [0.15, 0.2) is 18.2 Å². The molecule has 0 bridgehead atoms. The molecule has 0 saturated heterocycles. The highest BCUT2D eigenvalue weighted by Crippen LogP contribution is 2.26. The van der Waals surface area contributed by atoms with Gasteiger partial charge in [0.25, 0.3) is 0 Å². The van der Waals surface area contributed by atoms with E-state index < -0.39 is 0 Å². The molecule has 12 heavy (non-hydrogen) atoms. The van der Waals surface area contributed by atoms with E-state index in [1.807, 2.05) is 32.0 Å². The van der Waals surface area contributed by atoms with E-state index in [-0.39, 0.29) is 6.61 Å². The topological polar surface area (TPSA) is 20.2 Å². The number of rotatable bonds is 2. The van der Waals surface area contributed by atoms with Crippen LogP contribution in [-0.4, -0.2) is 11.7 Å². The van der Waals surface area contributed by atoms with E-state index in [1.165, 1.54) is 0 Å². The van der Waals surface area contributed by atoms with Gasteiger partial charge in [-0.3, -0.25) is 0 Å². The van der Waals surface area contributed by atoms with E-state index in [9.17, 15) is 0 Å². The molecule has 65 valence electrons. The highest BCUT2D eigenvalue weighted by Gasteiger charge is 2.09. The maximum absolute atomic E-state index is 8.91. The lowest BCUT2D eigenvalue weighted by molar-refractivity contribution is 0.315. The van der Waals surface area contributed by atoms with Gasteiger partial charge in [0, 0.05) is 10.9 Å². The van der Waals surface area contributed by atoms with Gasteiger partial charge in [0.2, 0.25) is 0 Å². The van der Waals surface area contributed by atoms with E-state index in [4.69, 9.17) is 16.7 Å². The molecule has 2 heteroatoms. The Morgan fingerprint density at radius 3 is 2.75 bits per heavy atom. The summed E-state index contributed by atoms with van der Waals surface area (Å²) >= 11 is 6.03. The van der Waals surface area contributed by atoms with Crippen molar-refractivity contribution in [3.8, 4) is 0 Å². The quantitative estimate of drug-likeness (QED) is 0.748. The second-order valence-corrected chi connectivity index (χ2v) is 3.25. The molecule has 0 aliphatic heterocycles. The number of hydrogen-bond donors (Lipinski definition) is 1. The van der Waals surface area contributed by atoms with Crippen LogP contribution in [0.1, 0.15) is 18.1 Å². The second-order valence-electron chi connectivity index (χ2n) is 2.87. The molecule has 1 rings (SSSR count). The zero-order valence-corrected chi connectivity index (χ0v) is 8.02. The van der Waals surface area contributed by atoms with Gasteiger partial charge in [-0.2, -0.15) is 0 Å². The maximum Gasteiger partial charge on any atom is 0.0535 e. The number of aliphatic hydroxyl groups is 1. The summed E-state index contributed by atoms with van der Waals surface area (Å²) < 4.78 is 0. The van der Waals surface area contributed by atoms with Gasteiger partial charge in [-0.25, -0.2) is 0 Å². The smallest absolute Gasteiger partial charge is 0.0535 e. The Kier molecular flexibility index (Phi) is 3.12. The van der Waals surface area contributed by atoms with E-state index in [0.717, 1.165) is 22.1 Å². The molecular weight excluding hydrogens is 172 g/mol. The molecule has 0 unspecified atom stereocenters. The third-order valence-electron chi connectivity index (χ3n) is 1.89. The number of benzene rings is 1. The zero-order chi connectivity index (χ0) is 9.14. The average Bonchev–Trinajstić information content (AvgIpc) is 2.08. The summed E-state index contributed by atoms with van der Waals surface area (Å²) in [5.74, 6) is 0.906. The standard InChI is InChI=1S/C10H12ClO/c1-7-4-3-5-9(10(7)11)8(2)6-12/h3-5,12H,6H2,1-2H3. The van der Waals surface area contributed by atoms with Gasteiger partial charge >= 0.3 is 0 Å². The van der Waals surface area contributed by atoms with E-state index in [2.05, 4.69) is 0 Å². The molecule has 0 aromatic heterocycles. The second kappa shape index (κ2) is 3.92. The third kappa shape index (κ3) is 1.79. The molecular formula is C10H12ClO. The van der Waals surface area contributed by atoms with E-state index in [1.54, 1.807) is 0 Å². The molecule has 0 saturated carbocycles. The minimum Gasteiger partial charge on any atom is -0.395 e. The number of halogens is 1. The first-order valence-electron chi connectivity index (χ1n) is 3.85. The van der Waals surface area contributed by atoms with Crippen LogP contribution in [0.25, 0.3) is 0 Å². The van der Waals surface area contributed by atoms with Crippen molar-refractivity contribution < 1.29 is 5.11 Å². The minimum atomic E-state index is 0.0587. The molecule has 0 atom stereocenters. The molecule has 0 spiro atoms. The van der Waals surface area contributed by atoms with Crippen LogP contribution in [0.5, 0.6) is 0 Å². The van der Waals surface area contributed by atoms with Crippen molar-refractivity contribution in [3.05, 3.63) is 40.3 Å². The Balaban J connectivity index is 3.07. The molecule has 0 amide bonds. The van der Waals surface area contributed by atoms with Crippen molar-refractivity contribution in [2.24, 2.45) is 0 Å². The molecule has 1 aromatic rings. The third-order valence-corrected chi connectivity index (χ3v) is 2.39. The Morgan fingerprint density at radius 1 is 1.50 bits per heavy atom. The summed E-state index contributed by atoms with van der Waals surface area (Å²) in [7, 11) is 0. The monoisotopic (exact) mass is 183 g/mol. The molecule has 1 aromatic carbocycles. The first-order chi connectivity index (χ1) is 5.66. The van der Waals surface area contributed by atoms with Crippen LogP contribution in [0.3, 0.4) is 0 Å². The molecule has 0 fully saturated rings. The maximum atomic E-state index is 8.91. The number of hydrogen-bond acceptors (Lipinski definition) is 1. The summed E-state index contributed by atoms with van der Waals surface area (Å²) in [6.45, 7) is 3.89. The van der Waals surface area contributed by atoms with Crippen molar-refractivity contribution in [1.29, 1.82) is 0 Å². The molecule has 0 aliphatic rings. The van der Waals surface area contributed by atoms with Gasteiger partial charge in [0.1, 0.15) is 0 Å². The van der Waals surface area contributed by atoms with E-state index in [0.29, 0.717) is 0 Å². The first kappa shape index (κ1) is 9.56. The molecule has 1 nitrogen and oxygen atoms in total. The number of aliphatic hydroxyl groups excluding tert-OH is 1. The van der Waals surface area contributed by atoms with Crippen molar-refractivity contribution in [2.45, 2.75) is 13.8 Å². The lowest BCUT2D eigenvalue weighted by Gasteiger charge is -2.10. The largest absolute Gasteiger partial charge is 0.395 e. The van der Waals surface area contributed by atoms with Crippen LogP contribution in [0, 0.1) is 12.8 Å². The number of aryl methyl sites for hydroxylation is 1. The molecule has 0 aliphatic carbocycles. The molecule has 1 N–H and O–H groups in total. The van der Waals surface area contributed by atoms with Crippen LogP contribution < -0.4 is 0 Å². The summed E-state index contributed by atoms with van der Waals surface area (Å²) in [6.07, 6.45) is 0. The highest BCUT2D eigenvalue weighted by molar-refractivity contribution is 6.32. The Morgan fingerprint density at radius 2 is 2.17 bits per heavy atom. The van der Waals surface area contributed by atoms with Gasteiger partial charge in [-0.15, -0.1) is 0 Å². The lowest BCUT2D eigenvalue weighted by Crippen LogP contribution is -2.01. The molecule has 1 radical (unpaired) electrons. The summed E-state index contributed by atoms with van der Waals surface area (Å²) in [5, 5.41) is 9.65. The molecule has 0 heterocycles. The predicted octanol–water partition coefficient (Wildman–Crippen LogP) is 2.58. The van der Waals surface area contributed by atoms with Crippen molar-refractivity contribution in [1.82, 2.24) is 0 Å². The van der Waals surface area contributed by atoms with Crippen LogP contribution in [-0.2, 0) is 0 Å². The van der Waals surface area contributed by atoms with Crippen LogP contribution >= 0.6 is 11.6 Å². The van der Waals surface area contributed by atoms with Crippen molar-refractivity contribution in [3.63, 3.8) is 0 Å². The van der Waals surface area contributed by atoms with Gasteiger partial charge in [0.05, 0.1) is 6.61 Å². The minimum absolute atomic E-state index is 0.0587. The van der Waals surface area contributed by atoms with Crippen LogP contribution in [0.4, 0.5) is 0 Å². The summed E-state index contributed by atoms with van der Waals surface area (Å²) in [6, 6.07) is 5.81. The first-order valence-corrected chi connectivity index (χ1v) is 4.23. The fraction of sp³-hybridized carbons (Fsp3) is 0.300. The summed E-state index contributed by atoms with van der Waals surface area (Å²) in [4.78, 5) is 0. The van der Waals surface area contributed by atoms with Gasteiger partial charge < -0.3 is 5.11 Å².